The van der Waals surface area contributed by atoms with Gasteiger partial charge in [0.1, 0.15) is 0 Å². The van der Waals surface area contributed by atoms with Crippen LogP contribution >= 0.6 is 23.7 Å². The van der Waals surface area contributed by atoms with Crippen molar-refractivity contribution in [3.63, 3.8) is 0 Å². The summed E-state index contributed by atoms with van der Waals surface area (Å²) in [5, 5.41) is 8.52. The summed E-state index contributed by atoms with van der Waals surface area (Å²) in [4.78, 5) is 12.7. The Balaban J connectivity index is 0.00000200. The summed E-state index contributed by atoms with van der Waals surface area (Å²) >= 11 is 1.51. The number of amides is 1. The lowest BCUT2D eigenvalue weighted by Crippen LogP contribution is -2.36. The molecule has 1 aliphatic rings. The van der Waals surface area contributed by atoms with Crippen molar-refractivity contribution in [1.29, 1.82) is 0 Å². The molecule has 0 saturated heterocycles. The van der Waals surface area contributed by atoms with E-state index in [1.807, 2.05) is 18.4 Å². The standard InChI is InChI=1S/C15H24N2OS.ClH/c1-12-8-11-19-14(12)15(18)17-10-9-16-13-6-4-2-3-5-7-13;/h8,11,13,16H,2-7,9-10H2,1H3,(H,17,18);1H. The fourth-order valence-electron chi connectivity index (χ4n) is 2.62. The second-order valence-corrected chi connectivity index (χ2v) is 6.25. The van der Waals surface area contributed by atoms with Crippen LogP contribution in [0, 0.1) is 6.92 Å². The molecule has 0 atom stereocenters. The average Bonchev–Trinajstić information content (AvgIpc) is 2.68. The molecule has 1 heterocycles. The summed E-state index contributed by atoms with van der Waals surface area (Å²) in [5.74, 6) is 0.0650. The highest BCUT2D eigenvalue weighted by molar-refractivity contribution is 7.12. The highest BCUT2D eigenvalue weighted by Crippen LogP contribution is 2.17. The maximum Gasteiger partial charge on any atom is 0.261 e. The first-order chi connectivity index (χ1) is 9.27. The molecular formula is C15H25ClN2OS. The van der Waals surface area contributed by atoms with E-state index in [1.54, 1.807) is 0 Å². The summed E-state index contributed by atoms with van der Waals surface area (Å²) in [7, 11) is 0. The van der Waals surface area contributed by atoms with Gasteiger partial charge >= 0.3 is 0 Å². The Morgan fingerprint density at radius 1 is 1.25 bits per heavy atom. The zero-order chi connectivity index (χ0) is 13.5. The molecule has 1 amide bonds. The molecule has 0 aliphatic heterocycles. The van der Waals surface area contributed by atoms with Crippen molar-refractivity contribution < 1.29 is 4.79 Å². The molecule has 1 aromatic rings. The Morgan fingerprint density at radius 2 is 1.95 bits per heavy atom. The van der Waals surface area contributed by atoms with E-state index in [2.05, 4.69) is 10.6 Å². The number of halogens is 1. The highest BCUT2D eigenvalue weighted by atomic mass is 35.5. The molecule has 1 saturated carbocycles. The summed E-state index contributed by atoms with van der Waals surface area (Å²) < 4.78 is 0. The van der Waals surface area contributed by atoms with Crippen molar-refractivity contribution in [1.82, 2.24) is 10.6 Å². The molecule has 1 aliphatic carbocycles. The topological polar surface area (TPSA) is 41.1 Å². The molecule has 0 unspecified atom stereocenters. The first-order valence-corrected chi connectivity index (χ1v) is 8.21. The van der Waals surface area contributed by atoms with E-state index >= 15 is 0 Å². The van der Waals surface area contributed by atoms with E-state index < -0.39 is 0 Å². The minimum atomic E-state index is 0. The largest absolute Gasteiger partial charge is 0.350 e. The molecule has 5 heteroatoms. The van der Waals surface area contributed by atoms with Crippen LogP contribution in [0.25, 0.3) is 0 Å². The Bertz CT molecular complexity index is 400. The van der Waals surface area contributed by atoms with E-state index in [1.165, 1.54) is 49.9 Å². The Kier molecular flexibility index (Phi) is 8.19. The van der Waals surface area contributed by atoms with Crippen molar-refractivity contribution >= 4 is 29.7 Å². The molecule has 2 N–H and O–H groups in total. The van der Waals surface area contributed by atoms with Crippen LogP contribution in [0.5, 0.6) is 0 Å². The lowest BCUT2D eigenvalue weighted by molar-refractivity contribution is 0.0957. The van der Waals surface area contributed by atoms with Crippen molar-refractivity contribution in [3.05, 3.63) is 21.9 Å². The van der Waals surface area contributed by atoms with E-state index in [9.17, 15) is 4.79 Å². The summed E-state index contributed by atoms with van der Waals surface area (Å²) in [6.45, 7) is 3.57. The number of aryl methyl sites for hydroxylation is 1. The van der Waals surface area contributed by atoms with Gasteiger partial charge < -0.3 is 10.6 Å². The van der Waals surface area contributed by atoms with Gasteiger partial charge in [-0.05, 0) is 36.8 Å². The molecule has 20 heavy (non-hydrogen) atoms. The predicted molar refractivity (Wildman–Crippen MR) is 88.1 cm³/mol. The van der Waals surface area contributed by atoms with Gasteiger partial charge in [-0.2, -0.15) is 0 Å². The van der Waals surface area contributed by atoms with Crippen LogP contribution in [-0.2, 0) is 0 Å². The molecule has 0 aromatic carbocycles. The van der Waals surface area contributed by atoms with Crippen LogP contribution in [0.1, 0.15) is 53.8 Å². The van der Waals surface area contributed by atoms with Gasteiger partial charge in [0, 0.05) is 19.1 Å². The molecule has 1 aromatic heterocycles. The van der Waals surface area contributed by atoms with Gasteiger partial charge in [-0.15, -0.1) is 23.7 Å². The van der Waals surface area contributed by atoms with E-state index in [0.29, 0.717) is 12.6 Å². The van der Waals surface area contributed by atoms with Crippen molar-refractivity contribution in [2.24, 2.45) is 0 Å². The lowest BCUT2D eigenvalue weighted by atomic mass is 10.1. The van der Waals surface area contributed by atoms with Gasteiger partial charge in [-0.1, -0.05) is 25.7 Å². The summed E-state index contributed by atoms with van der Waals surface area (Å²) in [6.07, 6.45) is 8.03. The third kappa shape index (κ3) is 5.43. The van der Waals surface area contributed by atoms with Gasteiger partial charge in [0.2, 0.25) is 0 Å². The number of thiophene rings is 1. The maximum atomic E-state index is 11.9. The minimum Gasteiger partial charge on any atom is -0.350 e. The molecule has 1 fully saturated rings. The Hall–Kier alpha value is -0.580. The zero-order valence-corrected chi connectivity index (χ0v) is 13.7. The SMILES string of the molecule is Cc1ccsc1C(=O)NCCNC1CCCCCC1.Cl. The first-order valence-electron chi connectivity index (χ1n) is 7.33. The van der Waals surface area contributed by atoms with Gasteiger partial charge in [0.05, 0.1) is 4.88 Å². The van der Waals surface area contributed by atoms with Crippen molar-refractivity contribution in [3.8, 4) is 0 Å². The summed E-state index contributed by atoms with van der Waals surface area (Å²) in [6, 6.07) is 2.64. The van der Waals surface area contributed by atoms with Crippen LogP contribution in [0.4, 0.5) is 0 Å². The Labute approximate surface area is 131 Å². The number of carbonyl (C=O) groups is 1. The molecule has 0 bridgehead atoms. The monoisotopic (exact) mass is 316 g/mol. The number of hydrogen-bond acceptors (Lipinski definition) is 3. The Morgan fingerprint density at radius 3 is 2.55 bits per heavy atom. The third-order valence-electron chi connectivity index (χ3n) is 3.77. The number of hydrogen-bond donors (Lipinski definition) is 2. The second-order valence-electron chi connectivity index (χ2n) is 5.33. The number of nitrogens with one attached hydrogen (secondary N) is 2. The van der Waals surface area contributed by atoms with Gasteiger partial charge in [0.15, 0.2) is 0 Å². The van der Waals surface area contributed by atoms with E-state index in [4.69, 9.17) is 0 Å². The number of rotatable bonds is 5. The van der Waals surface area contributed by atoms with Crippen LogP contribution in [-0.4, -0.2) is 25.0 Å². The molecule has 0 radical (unpaired) electrons. The quantitative estimate of drug-likeness (QED) is 0.644. The van der Waals surface area contributed by atoms with E-state index in [-0.39, 0.29) is 18.3 Å². The van der Waals surface area contributed by atoms with Crippen LogP contribution in [0.15, 0.2) is 11.4 Å². The van der Waals surface area contributed by atoms with Gasteiger partial charge in [0.25, 0.3) is 5.91 Å². The third-order valence-corrected chi connectivity index (χ3v) is 4.78. The molecule has 2 rings (SSSR count). The average molecular weight is 317 g/mol. The lowest BCUT2D eigenvalue weighted by Gasteiger charge is -2.16. The van der Waals surface area contributed by atoms with Crippen molar-refractivity contribution in [2.75, 3.05) is 13.1 Å². The van der Waals surface area contributed by atoms with E-state index in [0.717, 1.165) is 17.0 Å². The highest BCUT2D eigenvalue weighted by Gasteiger charge is 2.12. The molecular weight excluding hydrogens is 292 g/mol. The number of carbonyl (C=O) groups excluding carboxylic acids is 1. The van der Waals surface area contributed by atoms with Crippen LogP contribution in [0.2, 0.25) is 0 Å². The van der Waals surface area contributed by atoms with Crippen LogP contribution in [0.3, 0.4) is 0 Å². The fraction of sp³-hybridized carbons (Fsp3) is 0.667. The zero-order valence-electron chi connectivity index (χ0n) is 12.1. The maximum absolute atomic E-state index is 11.9. The second kappa shape index (κ2) is 9.37. The minimum absolute atomic E-state index is 0. The molecule has 114 valence electrons. The smallest absolute Gasteiger partial charge is 0.261 e. The first kappa shape index (κ1) is 17.5. The van der Waals surface area contributed by atoms with Gasteiger partial charge in [-0.3, -0.25) is 4.79 Å². The summed E-state index contributed by atoms with van der Waals surface area (Å²) in [5.41, 5.74) is 1.07. The van der Waals surface area contributed by atoms with Crippen LogP contribution < -0.4 is 10.6 Å². The predicted octanol–water partition coefficient (Wildman–Crippen LogP) is 3.52. The normalized spacial score (nSPS) is 16.2. The van der Waals surface area contributed by atoms with Gasteiger partial charge in [-0.25, -0.2) is 0 Å². The molecule has 0 spiro atoms. The van der Waals surface area contributed by atoms with Crippen molar-refractivity contribution in [2.45, 2.75) is 51.5 Å². The fourth-order valence-corrected chi connectivity index (χ4v) is 3.46. The molecule has 3 nitrogen and oxygen atoms in total.